The number of nitrogens with one attached hydrogen (secondary N) is 2. The molecule has 186 valence electrons. The average Bonchev–Trinajstić information content (AvgIpc) is 3.03. The summed E-state index contributed by atoms with van der Waals surface area (Å²) in [6, 6.07) is 7.98. The summed E-state index contributed by atoms with van der Waals surface area (Å²) in [4.78, 5) is 27.6. The summed E-state index contributed by atoms with van der Waals surface area (Å²) in [5.41, 5.74) is 0.259. The number of alkyl carbamates (subject to hydrolysis) is 1. The minimum Gasteiger partial charge on any atom is -0.444 e. The molecule has 2 rings (SSSR count). The van der Waals surface area contributed by atoms with Crippen molar-refractivity contribution in [1.82, 2.24) is 15.5 Å². The van der Waals surface area contributed by atoms with Crippen molar-refractivity contribution in [3.8, 4) is 0 Å². The van der Waals surface area contributed by atoms with E-state index in [9.17, 15) is 14.7 Å². The summed E-state index contributed by atoms with van der Waals surface area (Å²) in [6.07, 6.45) is -1.58. The number of rotatable bonds is 10. The quantitative estimate of drug-likeness (QED) is 0.493. The van der Waals surface area contributed by atoms with Crippen molar-refractivity contribution >= 4 is 12.0 Å². The van der Waals surface area contributed by atoms with Gasteiger partial charge in [0.25, 0.3) is 0 Å². The van der Waals surface area contributed by atoms with Crippen LogP contribution in [0.2, 0.25) is 0 Å². The molecule has 4 atom stereocenters. The van der Waals surface area contributed by atoms with Gasteiger partial charge in [-0.25, -0.2) is 4.79 Å². The third-order valence-corrected chi connectivity index (χ3v) is 5.40. The maximum Gasteiger partial charge on any atom is 0.407 e. The first-order chi connectivity index (χ1) is 15.4. The van der Waals surface area contributed by atoms with E-state index in [1.165, 1.54) is 0 Å². The molecule has 1 heterocycles. The standard InChI is InChI=1S/C25H41N3O5/c1-16(2)22-27-20(23(30)28(22)13-14-32-17(3)4)21(29)19(15-18-11-9-8-10-12-18)26-24(31)33-25(5,6)7/h8-12,16-17,19-22,27,29H,13-15H2,1-7H3,(H,26,31)/t19-,20?,21+,22?/m0/s1. The molecule has 0 saturated carbocycles. The maximum absolute atomic E-state index is 13.3. The highest BCUT2D eigenvalue weighted by atomic mass is 16.6. The number of ether oxygens (including phenoxy) is 2. The number of nitrogens with zero attached hydrogens (tertiary/aromatic N) is 1. The van der Waals surface area contributed by atoms with Gasteiger partial charge in [-0.05, 0) is 52.5 Å². The Morgan fingerprint density at radius 3 is 2.36 bits per heavy atom. The Labute approximate surface area is 198 Å². The molecule has 2 unspecified atom stereocenters. The fraction of sp³-hybridized carbons (Fsp3) is 0.680. The van der Waals surface area contributed by atoms with Gasteiger partial charge in [-0.1, -0.05) is 44.2 Å². The summed E-state index contributed by atoms with van der Waals surface area (Å²) < 4.78 is 11.1. The number of benzene rings is 1. The van der Waals surface area contributed by atoms with Gasteiger partial charge in [0, 0.05) is 6.54 Å². The first kappa shape index (κ1) is 27.1. The molecule has 0 spiro atoms. The van der Waals surface area contributed by atoms with Crippen molar-refractivity contribution in [1.29, 1.82) is 0 Å². The van der Waals surface area contributed by atoms with E-state index in [1.54, 1.807) is 25.7 Å². The highest BCUT2D eigenvalue weighted by molar-refractivity contribution is 5.85. The molecule has 0 aliphatic carbocycles. The Bertz CT molecular complexity index is 763. The summed E-state index contributed by atoms with van der Waals surface area (Å²) >= 11 is 0. The van der Waals surface area contributed by atoms with Gasteiger partial charge in [0.1, 0.15) is 11.6 Å². The Balaban J connectivity index is 2.20. The minimum atomic E-state index is -1.15. The summed E-state index contributed by atoms with van der Waals surface area (Å²) in [7, 11) is 0. The van der Waals surface area contributed by atoms with Crippen LogP contribution in [0, 0.1) is 5.92 Å². The fourth-order valence-electron chi connectivity index (χ4n) is 3.91. The van der Waals surface area contributed by atoms with Gasteiger partial charge < -0.3 is 24.8 Å². The lowest BCUT2D eigenvalue weighted by atomic mass is 9.96. The van der Waals surface area contributed by atoms with Crippen molar-refractivity contribution in [2.24, 2.45) is 5.92 Å². The highest BCUT2D eigenvalue weighted by Crippen LogP contribution is 2.22. The number of hydrogen-bond donors (Lipinski definition) is 3. The van der Waals surface area contributed by atoms with Crippen LogP contribution in [0.4, 0.5) is 4.79 Å². The van der Waals surface area contributed by atoms with Gasteiger partial charge >= 0.3 is 6.09 Å². The third kappa shape index (κ3) is 8.28. The van der Waals surface area contributed by atoms with Gasteiger partial charge in [0.05, 0.1) is 31.0 Å². The zero-order valence-corrected chi connectivity index (χ0v) is 21.0. The van der Waals surface area contributed by atoms with Crippen LogP contribution in [0.15, 0.2) is 30.3 Å². The van der Waals surface area contributed by atoms with E-state index in [1.807, 2.05) is 58.0 Å². The number of carbonyl (C=O) groups excluding carboxylic acids is 2. The van der Waals surface area contributed by atoms with Crippen molar-refractivity contribution in [2.45, 2.75) is 90.9 Å². The molecular formula is C25H41N3O5. The Morgan fingerprint density at radius 1 is 1.18 bits per heavy atom. The monoisotopic (exact) mass is 463 g/mol. The topological polar surface area (TPSA) is 100 Å². The van der Waals surface area contributed by atoms with E-state index in [-0.39, 0.29) is 24.1 Å². The first-order valence-corrected chi connectivity index (χ1v) is 11.8. The largest absolute Gasteiger partial charge is 0.444 e. The molecule has 33 heavy (non-hydrogen) atoms. The molecule has 2 amide bonds. The molecule has 1 aliphatic heterocycles. The molecule has 1 saturated heterocycles. The Morgan fingerprint density at radius 2 is 1.82 bits per heavy atom. The lowest BCUT2D eigenvalue weighted by Gasteiger charge is -2.29. The molecule has 0 aromatic heterocycles. The van der Waals surface area contributed by atoms with E-state index < -0.39 is 29.9 Å². The molecule has 1 fully saturated rings. The summed E-state index contributed by atoms with van der Waals surface area (Å²) in [5, 5.41) is 17.4. The predicted octanol–water partition coefficient (Wildman–Crippen LogP) is 2.69. The van der Waals surface area contributed by atoms with Crippen LogP contribution in [0.3, 0.4) is 0 Å². The Kier molecular flexibility index (Phi) is 9.70. The van der Waals surface area contributed by atoms with Crippen LogP contribution in [0.25, 0.3) is 0 Å². The van der Waals surface area contributed by atoms with Gasteiger partial charge in [0.15, 0.2) is 0 Å². The summed E-state index contributed by atoms with van der Waals surface area (Å²) in [5.74, 6) is -0.0609. The van der Waals surface area contributed by atoms with Crippen molar-refractivity contribution in [3.05, 3.63) is 35.9 Å². The van der Waals surface area contributed by atoms with E-state index in [0.29, 0.717) is 19.6 Å². The van der Waals surface area contributed by atoms with Crippen LogP contribution in [0.5, 0.6) is 0 Å². The zero-order valence-electron chi connectivity index (χ0n) is 21.0. The van der Waals surface area contributed by atoms with Crippen LogP contribution < -0.4 is 10.6 Å². The summed E-state index contributed by atoms with van der Waals surface area (Å²) in [6.45, 7) is 14.1. The molecule has 8 nitrogen and oxygen atoms in total. The van der Waals surface area contributed by atoms with Gasteiger partial charge in [-0.15, -0.1) is 0 Å². The van der Waals surface area contributed by atoms with Gasteiger partial charge in [0.2, 0.25) is 5.91 Å². The highest BCUT2D eigenvalue weighted by Gasteiger charge is 2.46. The lowest BCUT2D eigenvalue weighted by molar-refractivity contribution is -0.133. The number of hydrogen-bond acceptors (Lipinski definition) is 6. The number of amides is 2. The molecule has 0 bridgehead atoms. The fourth-order valence-corrected chi connectivity index (χ4v) is 3.91. The predicted molar refractivity (Wildman–Crippen MR) is 128 cm³/mol. The second-order valence-electron chi connectivity index (χ2n) is 10.2. The van der Waals surface area contributed by atoms with Crippen LogP contribution in [-0.2, 0) is 20.7 Å². The van der Waals surface area contributed by atoms with Gasteiger partial charge in [-0.3, -0.25) is 10.1 Å². The van der Waals surface area contributed by atoms with Gasteiger partial charge in [-0.2, -0.15) is 0 Å². The molecular weight excluding hydrogens is 422 g/mol. The number of carbonyl (C=O) groups is 2. The molecule has 1 aromatic carbocycles. The van der Waals surface area contributed by atoms with Crippen molar-refractivity contribution in [2.75, 3.05) is 13.2 Å². The normalized spacial score (nSPS) is 20.9. The zero-order chi connectivity index (χ0) is 24.8. The van der Waals surface area contributed by atoms with Crippen LogP contribution >= 0.6 is 0 Å². The number of aliphatic hydroxyl groups is 1. The molecule has 3 N–H and O–H groups in total. The smallest absolute Gasteiger partial charge is 0.407 e. The van der Waals surface area contributed by atoms with Crippen molar-refractivity contribution in [3.63, 3.8) is 0 Å². The maximum atomic E-state index is 13.3. The molecule has 0 radical (unpaired) electrons. The SMILES string of the molecule is CC(C)OCCN1C(=O)C([C@H](O)[C@H](Cc2ccccc2)NC(=O)OC(C)(C)C)NC1C(C)C. The second-order valence-corrected chi connectivity index (χ2v) is 10.2. The van der Waals surface area contributed by atoms with E-state index in [2.05, 4.69) is 10.6 Å². The van der Waals surface area contributed by atoms with E-state index in [4.69, 9.17) is 9.47 Å². The molecule has 8 heteroatoms. The average molecular weight is 464 g/mol. The number of aliphatic hydroxyl groups excluding tert-OH is 1. The molecule has 1 aliphatic rings. The first-order valence-electron chi connectivity index (χ1n) is 11.8. The molecule has 1 aromatic rings. The van der Waals surface area contributed by atoms with Crippen LogP contribution in [-0.4, -0.2) is 71.2 Å². The minimum absolute atomic E-state index is 0.0721. The van der Waals surface area contributed by atoms with E-state index >= 15 is 0 Å². The third-order valence-electron chi connectivity index (χ3n) is 5.40. The second kappa shape index (κ2) is 11.8. The Hall–Kier alpha value is -2.16. The van der Waals surface area contributed by atoms with Crippen LogP contribution in [0.1, 0.15) is 54.0 Å². The lowest BCUT2D eigenvalue weighted by Crippen LogP contribution is -2.55. The van der Waals surface area contributed by atoms with E-state index in [0.717, 1.165) is 5.56 Å². The van der Waals surface area contributed by atoms with Crippen molar-refractivity contribution < 1.29 is 24.2 Å².